The van der Waals surface area contributed by atoms with Gasteiger partial charge in [0.05, 0.1) is 24.5 Å². The van der Waals surface area contributed by atoms with Gasteiger partial charge in [-0.15, -0.1) is 0 Å². The first kappa shape index (κ1) is 24.2. The molecular formula is C25H44O4. The van der Waals surface area contributed by atoms with E-state index in [0.29, 0.717) is 19.1 Å². The van der Waals surface area contributed by atoms with Gasteiger partial charge in [-0.05, 0) is 56.3 Å². The Morgan fingerprint density at radius 1 is 0.793 bits per heavy atom. The molecule has 2 aliphatic carbocycles. The van der Waals surface area contributed by atoms with Gasteiger partial charge in [0.2, 0.25) is 0 Å². The highest BCUT2D eigenvalue weighted by atomic mass is 16.5. The predicted molar refractivity (Wildman–Crippen MR) is 116 cm³/mol. The zero-order valence-electron chi connectivity index (χ0n) is 19.5. The van der Waals surface area contributed by atoms with Crippen molar-refractivity contribution in [3.05, 3.63) is 0 Å². The second-order valence-corrected chi connectivity index (χ2v) is 10.5. The van der Waals surface area contributed by atoms with Crippen LogP contribution in [0.3, 0.4) is 0 Å². The molecule has 0 aromatic rings. The topological polar surface area (TPSA) is 52.6 Å². The van der Waals surface area contributed by atoms with Gasteiger partial charge in [0, 0.05) is 0 Å². The lowest BCUT2D eigenvalue weighted by Crippen LogP contribution is -2.51. The number of ether oxygens (including phenoxy) is 2. The van der Waals surface area contributed by atoms with Crippen LogP contribution in [0.2, 0.25) is 0 Å². The molecule has 0 amide bonds. The summed E-state index contributed by atoms with van der Waals surface area (Å²) in [7, 11) is 0. The summed E-state index contributed by atoms with van der Waals surface area (Å²) < 4.78 is 11.6. The maximum atomic E-state index is 13.6. The SMILES string of the molecule is CC(C)COC(=O)C(C1CCCCC1)C(C)(C(=O)OCC(C)C)C1CCCCC1. The second kappa shape index (κ2) is 11.4. The van der Waals surface area contributed by atoms with Crippen molar-refractivity contribution in [3.8, 4) is 0 Å². The predicted octanol–water partition coefficient (Wildman–Crippen LogP) is 6.17. The highest BCUT2D eigenvalue weighted by molar-refractivity contribution is 5.85. The van der Waals surface area contributed by atoms with Crippen LogP contribution < -0.4 is 0 Å². The third kappa shape index (κ3) is 6.46. The van der Waals surface area contributed by atoms with Crippen LogP contribution >= 0.6 is 0 Å². The number of carbonyl (C=O) groups excluding carboxylic acids is 2. The molecule has 2 saturated carbocycles. The Bertz CT molecular complexity index is 515. The summed E-state index contributed by atoms with van der Waals surface area (Å²) >= 11 is 0. The minimum absolute atomic E-state index is 0.167. The van der Waals surface area contributed by atoms with Gasteiger partial charge in [-0.1, -0.05) is 66.2 Å². The molecule has 168 valence electrons. The van der Waals surface area contributed by atoms with Crippen molar-refractivity contribution in [2.24, 2.45) is 35.0 Å². The van der Waals surface area contributed by atoms with Gasteiger partial charge in [0.15, 0.2) is 0 Å². The van der Waals surface area contributed by atoms with E-state index in [4.69, 9.17) is 9.47 Å². The monoisotopic (exact) mass is 408 g/mol. The highest BCUT2D eigenvalue weighted by Crippen LogP contribution is 2.50. The van der Waals surface area contributed by atoms with Gasteiger partial charge >= 0.3 is 11.9 Å². The van der Waals surface area contributed by atoms with Crippen molar-refractivity contribution in [2.45, 2.75) is 98.8 Å². The van der Waals surface area contributed by atoms with Gasteiger partial charge < -0.3 is 9.47 Å². The van der Waals surface area contributed by atoms with Gasteiger partial charge in [-0.2, -0.15) is 0 Å². The Morgan fingerprint density at radius 2 is 1.28 bits per heavy atom. The smallest absolute Gasteiger partial charge is 0.312 e. The number of rotatable bonds is 9. The molecule has 0 bridgehead atoms. The normalized spacial score (nSPS) is 22.3. The fourth-order valence-corrected chi connectivity index (χ4v) is 5.38. The number of hydrogen-bond donors (Lipinski definition) is 0. The summed E-state index contributed by atoms with van der Waals surface area (Å²) in [4.78, 5) is 27.0. The Labute approximate surface area is 178 Å². The van der Waals surface area contributed by atoms with Crippen molar-refractivity contribution in [1.82, 2.24) is 0 Å². The van der Waals surface area contributed by atoms with E-state index in [0.717, 1.165) is 51.4 Å². The van der Waals surface area contributed by atoms with Gasteiger partial charge in [0.25, 0.3) is 0 Å². The molecule has 0 saturated heterocycles. The molecule has 4 nitrogen and oxygen atoms in total. The molecule has 0 heterocycles. The Morgan fingerprint density at radius 3 is 1.79 bits per heavy atom. The molecule has 4 heteroatoms. The van der Waals surface area contributed by atoms with E-state index in [2.05, 4.69) is 27.7 Å². The molecule has 0 spiro atoms. The third-order valence-corrected chi connectivity index (χ3v) is 7.02. The van der Waals surface area contributed by atoms with E-state index in [1.165, 1.54) is 12.8 Å². The summed E-state index contributed by atoms with van der Waals surface area (Å²) in [5, 5.41) is 0. The van der Waals surface area contributed by atoms with Crippen LogP contribution in [0.15, 0.2) is 0 Å². The van der Waals surface area contributed by atoms with Crippen molar-refractivity contribution >= 4 is 11.9 Å². The molecular weight excluding hydrogens is 364 g/mol. The molecule has 0 N–H and O–H groups in total. The van der Waals surface area contributed by atoms with Gasteiger partial charge in [-0.25, -0.2) is 0 Å². The van der Waals surface area contributed by atoms with Gasteiger partial charge in [0.1, 0.15) is 0 Å². The van der Waals surface area contributed by atoms with Crippen molar-refractivity contribution in [2.75, 3.05) is 13.2 Å². The van der Waals surface area contributed by atoms with E-state index in [9.17, 15) is 9.59 Å². The molecule has 2 fully saturated rings. The zero-order valence-corrected chi connectivity index (χ0v) is 19.5. The van der Waals surface area contributed by atoms with Crippen LogP contribution in [0.4, 0.5) is 0 Å². The van der Waals surface area contributed by atoms with E-state index in [1.54, 1.807) is 0 Å². The maximum absolute atomic E-state index is 13.6. The van der Waals surface area contributed by atoms with Crippen molar-refractivity contribution in [3.63, 3.8) is 0 Å². The molecule has 2 rings (SSSR count). The lowest BCUT2D eigenvalue weighted by molar-refractivity contribution is -0.180. The fraction of sp³-hybridized carbons (Fsp3) is 0.920. The Balaban J connectivity index is 2.37. The summed E-state index contributed by atoms with van der Waals surface area (Å²) in [6, 6.07) is 0. The average molecular weight is 409 g/mol. The highest BCUT2D eigenvalue weighted by Gasteiger charge is 2.55. The Kier molecular flexibility index (Phi) is 9.49. The quantitative estimate of drug-likeness (QED) is 0.428. The largest absolute Gasteiger partial charge is 0.465 e. The van der Waals surface area contributed by atoms with Crippen LogP contribution in [-0.2, 0) is 19.1 Å². The number of carbonyl (C=O) groups is 2. The number of esters is 2. The van der Waals surface area contributed by atoms with E-state index in [1.807, 2.05) is 6.92 Å². The minimum atomic E-state index is -0.786. The Hall–Kier alpha value is -1.06. The average Bonchev–Trinajstić information content (AvgIpc) is 2.71. The van der Waals surface area contributed by atoms with Crippen LogP contribution in [0.5, 0.6) is 0 Å². The molecule has 2 atom stereocenters. The lowest BCUT2D eigenvalue weighted by Gasteiger charge is -2.45. The lowest BCUT2D eigenvalue weighted by atomic mass is 9.58. The molecule has 0 aromatic heterocycles. The third-order valence-electron chi connectivity index (χ3n) is 7.02. The van der Waals surface area contributed by atoms with E-state index >= 15 is 0 Å². The standard InChI is InChI=1S/C25H44O4/c1-18(2)16-28-23(26)22(20-12-8-6-9-13-20)25(5,21-14-10-7-11-15-21)24(27)29-17-19(3)4/h18-22H,6-17H2,1-5H3. The minimum Gasteiger partial charge on any atom is -0.465 e. The van der Waals surface area contributed by atoms with Crippen molar-refractivity contribution < 1.29 is 19.1 Å². The first-order valence-electron chi connectivity index (χ1n) is 12.1. The molecule has 0 aromatic carbocycles. The van der Waals surface area contributed by atoms with E-state index < -0.39 is 5.41 Å². The fourth-order valence-electron chi connectivity index (χ4n) is 5.38. The zero-order chi connectivity index (χ0) is 21.4. The summed E-state index contributed by atoms with van der Waals surface area (Å²) in [6.07, 6.45) is 11.0. The van der Waals surface area contributed by atoms with Crippen LogP contribution in [0.25, 0.3) is 0 Å². The summed E-state index contributed by atoms with van der Waals surface area (Å²) in [6.45, 7) is 11.1. The first-order chi connectivity index (χ1) is 13.8. The van der Waals surface area contributed by atoms with Crippen LogP contribution in [0, 0.1) is 35.0 Å². The molecule has 0 aliphatic heterocycles. The molecule has 2 aliphatic rings. The summed E-state index contributed by atoms with van der Waals surface area (Å²) in [5.74, 6) is 0.284. The van der Waals surface area contributed by atoms with Crippen molar-refractivity contribution in [1.29, 1.82) is 0 Å². The molecule has 29 heavy (non-hydrogen) atoms. The van der Waals surface area contributed by atoms with Gasteiger partial charge in [-0.3, -0.25) is 9.59 Å². The second-order valence-electron chi connectivity index (χ2n) is 10.5. The molecule has 0 radical (unpaired) electrons. The van der Waals surface area contributed by atoms with E-state index in [-0.39, 0.29) is 35.6 Å². The number of hydrogen-bond acceptors (Lipinski definition) is 4. The maximum Gasteiger partial charge on any atom is 0.312 e. The van der Waals surface area contributed by atoms with Crippen LogP contribution in [0.1, 0.15) is 98.8 Å². The molecule has 2 unspecified atom stereocenters. The summed E-state index contributed by atoms with van der Waals surface area (Å²) in [5.41, 5.74) is -0.786. The first-order valence-corrected chi connectivity index (χ1v) is 12.1. The van der Waals surface area contributed by atoms with Crippen LogP contribution in [-0.4, -0.2) is 25.2 Å².